The Morgan fingerprint density at radius 2 is 2.04 bits per heavy atom. The molecule has 0 radical (unpaired) electrons. The van der Waals surface area contributed by atoms with E-state index in [9.17, 15) is 4.79 Å². The van der Waals surface area contributed by atoms with Crippen molar-refractivity contribution in [1.29, 1.82) is 0 Å². The van der Waals surface area contributed by atoms with Crippen LogP contribution in [0.1, 0.15) is 32.2 Å². The molecule has 1 aromatic heterocycles. The van der Waals surface area contributed by atoms with Crippen molar-refractivity contribution < 1.29 is 14.1 Å². The molecule has 8 heteroatoms. The summed E-state index contributed by atoms with van der Waals surface area (Å²) < 4.78 is 11.1. The van der Waals surface area contributed by atoms with Gasteiger partial charge in [0.25, 0.3) is 5.91 Å². The molecule has 6 nitrogen and oxygen atoms in total. The lowest BCUT2D eigenvalue weighted by Gasteiger charge is -2.13. The quantitative estimate of drug-likeness (QED) is 0.628. The van der Waals surface area contributed by atoms with E-state index in [2.05, 4.69) is 21.5 Å². The van der Waals surface area contributed by atoms with Gasteiger partial charge in [0.05, 0.1) is 10.1 Å². The van der Waals surface area contributed by atoms with Gasteiger partial charge in [0.1, 0.15) is 5.75 Å². The van der Waals surface area contributed by atoms with Crippen LogP contribution in [0.2, 0.25) is 0 Å². The molecule has 4 rings (SSSR count). The van der Waals surface area contributed by atoms with Gasteiger partial charge in [0, 0.05) is 24.1 Å². The van der Waals surface area contributed by atoms with Crippen LogP contribution in [-0.2, 0) is 6.61 Å². The van der Waals surface area contributed by atoms with Crippen molar-refractivity contribution >= 4 is 35.1 Å². The maximum atomic E-state index is 12.8. The smallest absolute Gasteiger partial charge is 0.259 e. The van der Waals surface area contributed by atoms with Crippen LogP contribution in [0.5, 0.6) is 5.75 Å². The van der Waals surface area contributed by atoms with E-state index in [4.69, 9.17) is 9.26 Å². The van der Waals surface area contributed by atoms with Crippen molar-refractivity contribution in [2.45, 2.75) is 18.1 Å². The minimum atomic E-state index is -0.219. The lowest BCUT2D eigenvalue weighted by atomic mass is 10.1. The number of aryl methyl sites for hydroxylation is 1. The maximum absolute atomic E-state index is 12.8. The molecule has 2 aromatic carbocycles. The number of anilines is 1. The number of carbonyl (C=O) groups is 1. The molecule has 2 heterocycles. The maximum Gasteiger partial charge on any atom is 0.259 e. The zero-order valence-corrected chi connectivity index (χ0v) is 16.9. The highest BCUT2D eigenvalue weighted by Gasteiger charge is 2.19. The van der Waals surface area contributed by atoms with Crippen LogP contribution >= 0.6 is 23.5 Å². The molecular formula is C20H19N3O3S2. The molecule has 1 aliphatic heterocycles. The van der Waals surface area contributed by atoms with Crippen molar-refractivity contribution in [3.05, 3.63) is 71.4 Å². The molecular weight excluding hydrogens is 394 g/mol. The Labute approximate surface area is 171 Å². The second kappa shape index (κ2) is 8.70. The molecule has 1 fully saturated rings. The van der Waals surface area contributed by atoms with Crippen LogP contribution < -0.4 is 10.1 Å². The second-order valence-corrected chi connectivity index (χ2v) is 8.89. The number of hydrogen-bond donors (Lipinski definition) is 1. The topological polar surface area (TPSA) is 77.2 Å². The van der Waals surface area contributed by atoms with E-state index in [0.29, 0.717) is 27.6 Å². The lowest BCUT2D eigenvalue weighted by molar-refractivity contribution is 0.102. The van der Waals surface area contributed by atoms with Gasteiger partial charge in [-0.25, -0.2) is 0 Å². The highest BCUT2D eigenvalue weighted by molar-refractivity contribution is 8.19. The molecule has 1 saturated heterocycles. The van der Waals surface area contributed by atoms with Crippen molar-refractivity contribution in [2.24, 2.45) is 0 Å². The number of para-hydroxylation sites is 1. The third kappa shape index (κ3) is 4.51. The Kier molecular flexibility index (Phi) is 5.87. The summed E-state index contributed by atoms with van der Waals surface area (Å²) in [4.78, 5) is 16.9. The van der Waals surface area contributed by atoms with Gasteiger partial charge >= 0.3 is 0 Å². The zero-order valence-electron chi connectivity index (χ0n) is 15.3. The molecule has 0 atom stereocenters. The highest BCUT2D eigenvalue weighted by atomic mass is 32.2. The summed E-state index contributed by atoms with van der Waals surface area (Å²) in [6.45, 7) is 1.85. The van der Waals surface area contributed by atoms with Crippen LogP contribution in [0, 0.1) is 6.92 Å². The largest absolute Gasteiger partial charge is 0.485 e. The molecule has 0 spiro atoms. The fourth-order valence-corrected chi connectivity index (χ4v) is 5.67. The number of benzene rings is 2. The molecule has 1 aliphatic rings. The van der Waals surface area contributed by atoms with Gasteiger partial charge in [-0.1, -0.05) is 29.4 Å². The summed E-state index contributed by atoms with van der Waals surface area (Å²) in [6, 6.07) is 15.1. The summed E-state index contributed by atoms with van der Waals surface area (Å²) in [6.07, 6.45) is 0. The van der Waals surface area contributed by atoms with Crippen LogP contribution in [-0.4, -0.2) is 27.6 Å². The fourth-order valence-electron chi connectivity index (χ4n) is 2.83. The minimum Gasteiger partial charge on any atom is -0.485 e. The van der Waals surface area contributed by atoms with Crippen molar-refractivity contribution in [3.8, 4) is 5.75 Å². The first kappa shape index (κ1) is 18.9. The highest BCUT2D eigenvalue weighted by Crippen LogP contribution is 2.45. The van der Waals surface area contributed by atoms with Crippen LogP contribution in [0.25, 0.3) is 0 Å². The van der Waals surface area contributed by atoms with E-state index in [-0.39, 0.29) is 12.5 Å². The molecule has 3 aromatic rings. The number of ether oxygens (including phenoxy) is 1. The predicted molar refractivity (Wildman–Crippen MR) is 112 cm³/mol. The number of carbonyl (C=O) groups excluding carboxylic acids is 1. The Hall–Kier alpha value is -2.45. The van der Waals surface area contributed by atoms with Crippen molar-refractivity contribution in [2.75, 3.05) is 16.8 Å². The molecule has 0 aliphatic carbocycles. The Morgan fingerprint density at radius 1 is 1.21 bits per heavy atom. The molecule has 1 N–H and O–H groups in total. The van der Waals surface area contributed by atoms with E-state index < -0.39 is 0 Å². The average molecular weight is 414 g/mol. The van der Waals surface area contributed by atoms with Gasteiger partial charge in [-0.15, -0.1) is 23.5 Å². The van der Waals surface area contributed by atoms with Gasteiger partial charge in [0.2, 0.25) is 11.7 Å². The summed E-state index contributed by atoms with van der Waals surface area (Å²) in [5.41, 5.74) is 2.46. The molecule has 144 valence electrons. The average Bonchev–Trinajstić information content (AvgIpc) is 3.39. The van der Waals surface area contributed by atoms with Gasteiger partial charge in [-0.2, -0.15) is 4.98 Å². The zero-order chi connectivity index (χ0) is 19.3. The number of nitrogens with zero attached hydrogens (tertiary/aromatic N) is 2. The first-order chi connectivity index (χ1) is 13.7. The molecule has 1 amide bonds. The number of rotatable bonds is 6. The first-order valence-electron chi connectivity index (χ1n) is 8.84. The Morgan fingerprint density at radius 3 is 2.82 bits per heavy atom. The Balaban J connectivity index is 1.47. The van der Waals surface area contributed by atoms with Crippen LogP contribution in [0.4, 0.5) is 5.69 Å². The van der Waals surface area contributed by atoms with Gasteiger partial charge in [-0.05, 0) is 29.8 Å². The molecule has 0 unspecified atom stereocenters. The number of thioether (sulfide) groups is 2. The fraction of sp³-hybridized carbons (Fsp3) is 0.250. The molecule has 0 bridgehead atoms. The molecule has 28 heavy (non-hydrogen) atoms. The number of amides is 1. The van der Waals surface area contributed by atoms with Crippen molar-refractivity contribution in [1.82, 2.24) is 10.1 Å². The monoisotopic (exact) mass is 413 g/mol. The van der Waals surface area contributed by atoms with E-state index in [1.165, 1.54) is 5.56 Å². The second-order valence-electron chi connectivity index (χ2n) is 6.17. The number of aromatic nitrogens is 2. The molecule has 0 saturated carbocycles. The minimum absolute atomic E-state index is 0.132. The van der Waals surface area contributed by atoms with E-state index in [1.54, 1.807) is 19.1 Å². The third-order valence-corrected chi connectivity index (χ3v) is 7.20. The summed E-state index contributed by atoms with van der Waals surface area (Å²) in [5, 5.41) is 6.78. The van der Waals surface area contributed by atoms with Gasteiger partial charge in [0.15, 0.2) is 6.61 Å². The van der Waals surface area contributed by atoms with Crippen LogP contribution in [0.3, 0.4) is 0 Å². The normalized spacial score (nSPS) is 14.2. The summed E-state index contributed by atoms with van der Waals surface area (Å²) >= 11 is 3.88. The van der Waals surface area contributed by atoms with Gasteiger partial charge in [-0.3, -0.25) is 4.79 Å². The number of hydrogen-bond acceptors (Lipinski definition) is 7. The summed E-state index contributed by atoms with van der Waals surface area (Å²) in [7, 11) is 0. The lowest BCUT2D eigenvalue weighted by Crippen LogP contribution is -2.14. The van der Waals surface area contributed by atoms with Gasteiger partial charge < -0.3 is 14.6 Å². The first-order valence-corrected chi connectivity index (χ1v) is 10.9. The SMILES string of the molecule is Cc1nc(COc2ccccc2C(=O)Nc2cccc(C3SCCS3)c2)no1. The van der Waals surface area contributed by atoms with Crippen LogP contribution in [0.15, 0.2) is 53.1 Å². The third-order valence-electron chi connectivity index (χ3n) is 4.10. The number of nitrogens with one attached hydrogen (secondary N) is 1. The van der Waals surface area contributed by atoms with E-state index >= 15 is 0 Å². The standard InChI is InChI=1S/C20H19N3O3S2/c1-13-21-18(23-26-13)12-25-17-8-3-2-7-16(17)19(24)22-15-6-4-5-14(11-15)20-27-9-10-28-20/h2-8,11,20H,9-10,12H2,1H3,(H,22,24). The van der Waals surface area contributed by atoms with Crippen molar-refractivity contribution in [3.63, 3.8) is 0 Å². The van der Waals surface area contributed by atoms with E-state index in [1.807, 2.05) is 53.9 Å². The Bertz CT molecular complexity index is 971. The predicted octanol–water partition coefficient (Wildman–Crippen LogP) is 4.69. The summed E-state index contributed by atoms with van der Waals surface area (Å²) in [5.74, 6) is 3.49. The van der Waals surface area contributed by atoms with E-state index in [0.717, 1.165) is 17.2 Å².